The molecule has 0 fully saturated rings. The number of rotatable bonds is 4. The van der Waals surface area contributed by atoms with E-state index >= 15 is 0 Å². The minimum Gasteiger partial charge on any atom is -0.334 e. The van der Waals surface area contributed by atoms with Gasteiger partial charge in [-0.15, -0.1) is 0 Å². The molecule has 2 N–H and O–H groups in total. The minimum absolute atomic E-state index is 0.0402. The lowest BCUT2D eigenvalue weighted by atomic mass is 9.88. The van der Waals surface area contributed by atoms with Gasteiger partial charge in [-0.25, -0.2) is 17.9 Å². The van der Waals surface area contributed by atoms with E-state index in [9.17, 15) is 13.2 Å². The van der Waals surface area contributed by atoms with Crippen molar-refractivity contribution in [2.45, 2.75) is 40.7 Å². The molecule has 0 aromatic heterocycles. The number of sulfonamides is 1. The summed E-state index contributed by atoms with van der Waals surface area (Å²) >= 11 is 5.79. The Balaban J connectivity index is 2.82. The second-order valence-corrected chi connectivity index (χ2v) is 8.76. The van der Waals surface area contributed by atoms with Crippen molar-refractivity contribution in [2.24, 2.45) is 5.41 Å². The van der Waals surface area contributed by atoms with Crippen molar-refractivity contribution >= 4 is 33.7 Å². The number of urea groups is 1. The molecule has 0 aliphatic carbocycles. The molecule has 23 heavy (non-hydrogen) atoms. The van der Waals surface area contributed by atoms with Crippen LogP contribution in [-0.2, 0) is 10.0 Å². The van der Waals surface area contributed by atoms with Gasteiger partial charge in [0.2, 0.25) is 0 Å². The summed E-state index contributed by atoms with van der Waals surface area (Å²) in [4.78, 5) is 11.9. The van der Waals surface area contributed by atoms with Crippen LogP contribution in [0.25, 0.3) is 6.08 Å². The van der Waals surface area contributed by atoms with Gasteiger partial charge >= 0.3 is 6.03 Å². The fraction of sp³-hybridized carbons (Fsp3) is 0.438. The fourth-order valence-electron chi connectivity index (χ4n) is 1.52. The Morgan fingerprint density at radius 1 is 1.22 bits per heavy atom. The summed E-state index contributed by atoms with van der Waals surface area (Å²) in [5.41, 5.74) is 0.510. The maximum absolute atomic E-state index is 12.2. The predicted octanol–water partition coefficient (Wildman–Crippen LogP) is 3.76. The van der Waals surface area contributed by atoms with E-state index in [0.717, 1.165) is 0 Å². The van der Waals surface area contributed by atoms with E-state index in [1.54, 1.807) is 24.3 Å². The van der Waals surface area contributed by atoms with Crippen LogP contribution in [0.1, 0.15) is 40.2 Å². The van der Waals surface area contributed by atoms with E-state index in [2.05, 4.69) is 5.32 Å². The summed E-state index contributed by atoms with van der Waals surface area (Å²) in [6.45, 7) is 9.12. The molecule has 2 amide bonds. The fourth-order valence-corrected chi connectivity index (χ4v) is 2.40. The van der Waals surface area contributed by atoms with Gasteiger partial charge in [0.25, 0.3) is 10.0 Å². The largest absolute Gasteiger partial charge is 0.334 e. The second kappa shape index (κ2) is 7.36. The number of nitrogens with one attached hydrogen (secondary N) is 2. The van der Waals surface area contributed by atoms with Gasteiger partial charge in [-0.1, -0.05) is 44.5 Å². The molecule has 0 aliphatic rings. The third-order valence-electron chi connectivity index (χ3n) is 3.54. The third kappa shape index (κ3) is 6.23. The average molecular weight is 359 g/mol. The zero-order valence-corrected chi connectivity index (χ0v) is 15.5. The Hall–Kier alpha value is -1.53. The Kier molecular flexibility index (Phi) is 6.25. The third-order valence-corrected chi connectivity index (χ3v) is 5.21. The van der Waals surface area contributed by atoms with Crippen LogP contribution in [-0.4, -0.2) is 20.5 Å². The molecule has 0 heterocycles. The van der Waals surface area contributed by atoms with E-state index < -0.39 is 16.1 Å². The molecule has 0 radical (unpaired) electrons. The van der Waals surface area contributed by atoms with E-state index in [1.807, 2.05) is 32.4 Å². The Morgan fingerprint density at radius 3 is 2.22 bits per heavy atom. The molecule has 0 spiro atoms. The number of carbonyl (C=O) groups is 1. The predicted molar refractivity (Wildman–Crippen MR) is 94.6 cm³/mol. The highest BCUT2D eigenvalue weighted by Crippen LogP contribution is 2.18. The molecule has 0 aliphatic heterocycles. The minimum atomic E-state index is -3.89. The van der Waals surface area contributed by atoms with Crippen LogP contribution < -0.4 is 10.0 Å². The highest BCUT2D eigenvalue weighted by Gasteiger charge is 2.24. The van der Waals surface area contributed by atoms with Crippen LogP contribution in [0, 0.1) is 5.41 Å². The van der Waals surface area contributed by atoms with Gasteiger partial charge in [-0.3, -0.25) is 0 Å². The quantitative estimate of drug-likeness (QED) is 0.860. The van der Waals surface area contributed by atoms with Gasteiger partial charge in [0.05, 0.1) is 4.91 Å². The first-order valence-corrected chi connectivity index (χ1v) is 9.05. The summed E-state index contributed by atoms with van der Waals surface area (Å²) in [5, 5.41) is 3.19. The molecule has 0 bridgehead atoms. The molecular formula is C16H23ClN2O3S. The zero-order chi connectivity index (χ0) is 17.8. The standard InChI is InChI=1S/C16H23ClN2O3S/c1-11(10-13-6-8-14(17)9-7-13)23(21,22)19-15(20)18-12(2)16(3,4)5/h6-10,12H,1-5H3,(H2,18,19,20)/b11-10+. The van der Waals surface area contributed by atoms with Gasteiger partial charge in [0.15, 0.2) is 0 Å². The first-order valence-electron chi connectivity index (χ1n) is 7.19. The lowest BCUT2D eigenvalue weighted by Gasteiger charge is -2.27. The Morgan fingerprint density at radius 2 is 1.74 bits per heavy atom. The molecule has 0 saturated carbocycles. The molecule has 1 aromatic rings. The summed E-state index contributed by atoms with van der Waals surface area (Å²) in [6, 6.07) is 5.80. The van der Waals surface area contributed by atoms with Crippen LogP contribution in [0.3, 0.4) is 0 Å². The van der Waals surface area contributed by atoms with Gasteiger partial charge in [-0.2, -0.15) is 0 Å². The highest BCUT2D eigenvalue weighted by molar-refractivity contribution is 7.94. The Labute approximate surface area is 143 Å². The van der Waals surface area contributed by atoms with E-state index in [4.69, 9.17) is 11.6 Å². The molecule has 1 unspecified atom stereocenters. The molecule has 1 rings (SSSR count). The lowest BCUT2D eigenvalue weighted by molar-refractivity contribution is 0.227. The van der Waals surface area contributed by atoms with E-state index in [-0.39, 0.29) is 16.4 Å². The van der Waals surface area contributed by atoms with Gasteiger partial charge < -0.3 is 5.32 Å². The first-order chi connectivity index (χ1) is 10.4. The average Bonchev–Trinajstić information content (AvgIpc) is 2.39. The van der Waals surface area contributed by atoms with E-state index in [1.165, 1.54) is 13.0 Å². The van der Waals surface area contributed by atoms with Gasteiger partial charge in [-0.05, 0) is 43.0 Å². The van der Waals surface area contributed by atoms with Gasteiger partial charge in [0, 0.05) is 11.1 Å². The monoisotopic (exact) mass is 358 g/mol. The molecule has 5 nitrogen and oxygen atoms in total. The highest BCUT2D eigenvalue weighted by atomic mass is 35.5. The van der Waals surface area contributed by atoms with Crippen LogP contribution in [0.5, 0.6) is 0 Å². The van der Waals surface area contributed by atoms with Crippen molar-refractivity contribution in [3.05, 3.63) is 39.8 Å². The normalized spacial score (nSPS) is 14.3. The smallest absolute Gasteiger partial charge is 0.328 e. The van der Waals surface area contributed by atoms with Crippen molar-refractivity contribution in [1.82, 2.24) is 10.0 Å². The van der Waals surface area contributed by atoms with Crippen molar-refractivity contribution in [1.29, 1.82) is 0 Å². The zero-order valence-electron chi connectivity index (χ0n) is 14.0. The molecular weight excluding hydrogens is 336 g/mol. The van der Waals surface area contributed by atoms with Crippen LogP contribution in [0.2, 0.25) is 5.02 Å². The molecule has 1 atom stereocenters. The number of hydrogen-bond donors (Lipinski definition) is 2. The number of halogens is 1. The molecule has 128 valence electrons. The van der Waals surface area contributed by atoms with Crippen molar-refractivity contribution in [3.8, 4) is 0 Å². The number of allylic oxidation sites excluding steroid dienone is 1. The van der Waals surface area contributed by atoms with Crippen LogP contribution in [0.4, 0.5) is 4.79 Å². The first kappa shape index (κ1) is 19.5. The number of carbonyl (C=O) groups excluding carboxylic acids is 1. The molecule has 7 heteroatoms. The van der Waals surface area contributed by atoms with Gasteiger partial charge in [0.1, 0.15) is 0 Å². The maximum Gasteiger partial charge on any atom is 0.328 e. The van der Waals surface area contributed by atoms with Crippen LogP contribution >= 0.6 is 11.6 Å². The number of hydrogen-bond acceptors (Lipinski definition) is 3. The van der Waals surface area contributed by atoms with Crippen molar-refractivity contribution < 1.29 is 13.2 Å². The van der Waals surface area contributed by atoms with E-state index in [0.29, 0.717) is 10.6 Å². The summed E-state index contributed by atoms with van der Waals surface area (Å²) in [6.07, 6.45) is 1.47. The lowest BCUT2D eigenvalue weighted by Crippen LogP contribution is -2.48. The Bertz CT molecular complexity index is 689. The van der Waals surface area contributed by atoms with Crippen molar-refractivity contribution in [2.75, 3.05) is 0 Å². The maximum atomic E-state index is 12.2. The SMILES string of the molecule is C/C(=C\c1ccc(Cl)cc1)S(=O)(=O)NC(=O)NC(C)C(C)(C)C. The second-order valence-electron chi connectivity index (χ2n) is 6.47. The number of amides is 2. The van der Waals surface area contributed by atoms with Crippen molar-refractivity contribution in [3.63, 3.8) is 0 Å². The topological polar surface area (TPSA) is 75.3 Å². The molecule has 1 aromatic carbocycles. The molecule has 0 saturated heterocycles. The summed E-state index contributed by atoms with van der Waals surface area (Å²) in [7, 11) is -3.89. The summed E-state index contributed by atoms with van der Waals surface area (Å²) < 4.78 is 26.4. The summed E-state index contributed by atoms with van der Waals surface area (Å²) in [5.74, 6) is 0. The van der Waals surface area contributed by atoms with Crippen LogP contribution in [0.15, 0.2) is 29.2 Å². The number of benzene rings is 1.